The van der Waals surface area contributed by atoms with E-state index < -0.39 is 24.8 Å². The fourth-order valence-electron chi connectivity index (χ4n) is 2.31. The summed E-state index contributed by atoms with van der Waals surface area (Å²) in [6.45, 7) is -0.339. The lowest BCUT2D eigenvalue weighted by Crippen LogP contribution is -2.38. The standard InChI is InChI=1S/C18H19BrF2N2O4/c1-26-9-8-23(11-16(20)21)17(24)10-12-2-4-13(5-3-12)22-18(25)14-6-7-15(19)27-14/h2-7,16H,8-11H2,1H3,(H,22,25). The summed E-state index contributed by atoms with van der Waals surface area (Å²) < 4.78 is 35.8. The van der Waals surface area contributed by atoms with Crippen molar-refractivity contribution in [2.45, 2.75) is 12.8 Å². The molecular weight excluding hydrogens is 426 g/mol. The molecule has 146 valence electrons. The van der Waals surface area contributed by atoms with Gasteiger partial charge < -0.3 is 19.4 Å². The number of nitrogens with one attached hydrogen (secondary N) is 1. The molecule has 0 unspecified atom stereocenters. The number of halogens is 3. The number of hydrogen-bond acceptors (Lipinski definition) is 4. The van der Waals surface area contributed by atoms with Crippen LogP contribution in [-0.2, 0) is 16.0 Å². The van der Waals surface area contributed by atoms with Crippen molar-refractivity contribution in [3.05, 3.63) is 52.4 Å². The van der Waals surface area contributed by atoms with E-state index in [2.05, 4.69) is 21.2 Å². The first-order chi connectivity index (χ1) is 12.9. The van der Waals surface area contributed by atoms with Crippen LogP contribution in [-0.4, -0.2) is 49.9 Å². The molecule has 0 fully saturated rings. The third kappa shape index (κ3) is 6.76. The van der Waals surface area contributed by atoms with E-state index >= 15 is 0 Å². The monoisotopic (exact) mass is 444 g/mol. The molecule has 2 rings (SSSR count). The van der Waals surface area contributed by atoms with Gasteiger partial charge in [0.25, 0.3) is 12.3 Å². The fourth-order valence-corrected chi connectivity index (χ4v) is 2.61. The van der Waals surface area contributed by atoms with E-state index in [0.29, 0.717) is 15.9 Å². The van der Waals surface area contributed by atoms with E-state index in [0.717, 1.165) is 4.90 Å². The van der Waals surface area contributed by atoms with Crippen LogP contribution < -0.4 is 5.32 Å². The number of methoxy groups -OCH3 is 1. The average Bonchev–Trinajstić information content (AvgIpc) is 3.06. The summed E-state index contributed by atoms with van der Waals surface area (Å²) in [5.41, 5.74) is 1.17. The predicted molar refractivity (Wildman–Crippen MR) is 99.0 cm³/mol. The highest BCUT2D eigenvalue weighted by atomic mass is 79.9. The van der Waals surface area contributed by atoms with Crippen LogP contribution in [0, 0.1) is 0 Å². The van der Waals surface area contributed by atoms with Gasteiger partial charge in [-0.05, 0) is 45.8 Å². The summed E-state index contributed by atoms with van der Waals surface area (Å²) in [6, 6.07) is 9.71. The largest absolute Gasteiger partial charge is 0.444 e. The summed E-state index contributed by atoms with van der Waals surface area (Å²) in [5, 5.41) is 2.66. The van der Waals surface area contributed by atoms with Crippen LogP contribution in [0.15, 0.2) is 45.5 Å². The molecule has 0 aliphatic carbocycles. The maximum atomic E-state index is 12.6. The summed E-state index contributed by atoms with van der Waals surface area (Å²) in [6.07, 6.45) is -2.62. The number of hydrogen-bond donors (Lipinski definition) is 1. The van der Waals surface area contributed by atoms with E-state index in [1.165, 1.54) is 13.2 Å². The van der Waals surface area contributed by atoms with Crippen molar-refractivity contribution in [3.8, 4) is 0 Å². The van der Waals surface area contributed by atoms with Crippen LogP contribution in [0.2, 0.25) is 0 Å². The maximum Gasteiger partial charge on any atom is 0.291 e. The zero-order chi connectivity index (χ0) is 19.8. The van der Waals surface area contributed by atoms with E-state index in [-0.39, 0.29) is 25.3 Å². The van der Waals surface area contributed by atoms with Gasteiger partial charge in [-0.2, -0.15) is 0 Å². The van der Waals surface area contributed by atoms with Gasteiger partial charge in [0.2, 0.25) is 5.91 Å². The summed E-state index contributed by atoms with van der Waals surface area (Å²) in [4.78, 5) is 25.3. The van der Waals surface area contributed by atoms with E-state index in [1.807, 2.05) is 0 Å². The molecule has 2 aromatic rings. The van der Waals surface area contributed by atoms with Crippen LogP contribution >= 0.6 is 15.9 Å². The van der Waals surface area contributed by atoms with Crippen LogP contribution in [0.3, 0.4) is 0 Å². The minimum Gasteiger partial charge on any atom is -0.444 e. The van der Waals surface area contributed by atoms with Crippen molar-refractivity contribution in [2.75, 3.05) is 32.1 Å². The molecular formula is C18H19BrF2N2O4. The Kier molecular flexibility index (Phi) is 7.93. The normalized spacial score (nSPS) is 10.9. The molecule has 0 spiro atoms. The highest BCUT2D eigenvalue weighted by Crippen LogP contribution is 2.17. The summed E-state index contributed by atoms with van der Waals surface area (Å²) in [5.74, 6) is -0.668. The van der Waals surface area contributed by atoms with Gasteiger partial charge in [-0.1, -0.05) is 12.1 Å². The first-order valence-corrected chi connectivity index (χ1v) is 8.89. The third-order valence-corrected chi connectivity index (χ3v) is 4.07. The van der Waals surface area contributed by atoms with Crippen molar-refractivity contribution in [2.24, 2.45) is 0 Å². The third-order valence-electron chi connectivity index (χ3n) is 3.64. The molecule has 0 saturated heterocycles. The zero-order valence-corrected chi connectivity index (χ0v) is 16.2. The number of carbonyl (C=O) groups is 2. The Labute approximate surface area is 163 Å². The molecule has 27 heavy (non-hydrogen) atoms. The first kappa shape index (κ1) is 21.0. The molecule has 0 atom stereocenters. The number of amides is 2. The SMILES string of the molecule is COCCN(CC(F)F)C(=O)Cc1ccc(NC(=O)c2ccc(Br)o2)cc1. The molecule has 6 nitrogen and oxygen atoms in total. The number of carbonyl (C=O) groups excluding carboxylic acids is 2. The predicted octanol–water partition coefficient (Wildman–Crippen LogP) is 3.58. The minimum absolute atomic E-state index is 0.0181. The molecule has 1 aromatic carbocycles. The Bertz CT molecular complexity index is 765. The van der Waals surface area contributed by atoms with Crippen LogP contribution in [0.4, 0.5) is 14.5 Å². The van der Waals surface area contributed by atoms with Crippen LogP contribution in [0.5, 0.6) is 0 Å². The number of anilines is 1. The number of nitrogens with zero attached hydrogens (tertiary/aromatic N) is 1. The Balaban J connectivity index is 1.95. The van der Waals surface area contributed by atoms with Crippen LogP contribution in [0.25, 0.3) is 0 Å². The minimum atomic E-state index is -2.61. The van der Waals surface area contributed by atoms with Crippen molar-refractivity contribution >= 4 is 33.4 Å². The van der Waals surface area contributed by atoms with E-state index in [9.17, 15) is 18.4 Å². The van der Waals surface area contributed by atoms with Crippen molar-refractivity contribution in [1.29, 1.82) is 0 Å². The van der Waals surface area contributed by atoms with Gasteiger partial charge in [-0.3, -0.25) is 9.59 Å². The number of benzene rings is 1. The second-order valence-electron chi connectivity index (χ2n) is 5.66. The van der Waals surface area contributed by atoms with Gasteiger partial charge in [0.15, 0.2) is 10.4 Å². The first-order valence-electron chi connectivity index (χ1n) is 8.09. The number of rotatable bonds is 9. The Hall–Kier alpha value is -2.26. The topological polar surface area (TPSA) is 71.8 Å². The van der Waals surface area contributed by atoms with Gasteiger partial charge in [0.1, 0.15) is 0 Å². The van der Waals surface area contributed by atoms with Crippen molar-refractivity contribution in [1.82, 2.24) is 4.90 Å². The second-order valence-corrected chi connectivity index (χ2v) is 6.44. The molecule has 1 heterocycles. The number of ether oxygens (including phenoxy) is 1. The molecule has 0 saturated carbocycles. The number of furan rings is 1. The quantitative estimate of drug-likeness (QED) is 0.641. The smallest absolute Gasteiger partial charge is 0.291 e. The molecule has 0 aliphatic heterocycles. The summed E-state index contributed by atoms with van der Waals surface area (Å²) >= 11 is 3.12. The lowest BCUT2D eigenvalue weighted by molar-refractivity contribution is -0.133. The van der Waals surface area contributed by atoms with Gasteiger partial charge in [0.05, 0.1) is 19.6 Å². The highest BCUT2D eigenvalue weighted by Gasteiger charge is 2.18. The van der Waals surface area contributed by atoms with Gasteiger partial charge in [0, 0.05) is 19.3 Å². The molecule has 1 aromatic heterocycles. The Morgan fingerprint density at radius 3 is 2.48 bits per heavy atom. The average molecular weight is 445 g/mol. The number of alkyl halides is 2. The van der Waals surface area contributed by atoms with E-state index in [4.69, 9.17) is 9.15 Å². The second kappa shape index (κ2) is 10.2. The molecule has 0 bridgehead atoms. The fraction of sp³-hybridized carbons (Fsp3) is 0.333. The Morgan fingerprint density at radius 1 is 1.22 bits per heavy atom. The maximum absolute atomic E-state index is 12.6. The molecule has 1 N–H and O–H groups in total. The van der Waals surface area contributed by atoms with Gasteiger partial charge in [-0.25, -0.2) is 8.78 Å². The lowest BCUT2D eigenvalue weighted by Gasteiger charge is -2.22. The van der Waals surface area contributed by atoms with Crippen molar-refractivity contribution < 1.29 is 27.5 Å². The molecule has 2 amide bonds. The van der Waals surface area contributed by atoms with Gasteiger partial charge >= 0.3 is 0 Å². The molecule has 0 radical (unpaired) electrons. The lowest BCUT2D eigenvalue weighted by atomic mass is 10.1. The highest BCUT2D eigenvalue weighted by molar-refractivity contribution is 9.10. The Morgan fingerprint density at radius 2 is 1.93 bits per heavy atom. The molecule has 9 heteroatoms. The molecule has 0 aliphatic rings. The van der Waals surface area contributed by atoms with Crippen LogP contribution in [0.1, 0.15) is 16.1 Å². The van der Waals surface area contributed by atoms with E-state index in [1.54, 1.807) is 30.3 Å². The summed E-state index contributed by atoms with van der Waals surface area (Å²) in [7, 11) is 1.44. The van der Waals surface area contributed by atoms with Gasteiger partial charge in [-0.15, -0.1) is 0 Å². The van der Waals surface area contributed by atoms with Crippen molar-refractivity contribution in [3.63, 3.8) is 0 Å². The zero-order valence-electron chi connectivity index (χ0n) is 14.6.